The first-order chi connectivity index (χ1) is 17.1. The summed E-state index contributed by atoms with van der Waals surface area (Å²) in [5.74, 6) is -10.6. The molecule has 4 rings (SSSR count). The maximum absolute atomic E-state index is 15.0. The number of hydrogen-bond acceptors (Lipinski definition) is 3. The highest BCUT2D eigenvalue weighted by Crippen LogP contribution is 2.45. The highest BCUT2D eigenvalue weighted by Gasteiger charge is 2.38. The Morgan fingerprint density at radius 2 is 1.11 bits per heavy atom. The third-order valence-electron chi connectivity index (χ3n) is 5.82. The van der Waals surface area contributed by atoms with Gasteiger partial charge in [-0.05, 0) is 29.7 Å². The second-order valence-electron chi connectivity index (χ2n) is 8.30. The van der Waals surface area contributed by atoms with Crippen LogP contribution in [0.2, 0.25) is 0 Å². The topological polar surface area (TPSA) is 33.4 Å². The van der Waals surface area contributed by atoms with E-state index in [1.165, 1.54) is 41.1 Å². The van der Waals surface area contributed by atoms with Crippen molar-refractivity contribution in [3.8, 4) is 0 Å². The van der Waals surface area contributed by atoms with E-state index in [1.807, 2.05) is 0 Å². The Morgan fingerprint density at radius 3 is 1.53 bits per heavy atom. The van der Waals surface area contributed by atoms with Crippen molar-refractivity contribution < 1.29 is 35.4 Å². The summed E-state index contributed by atoms with van der Waals surface area (Å²) in [5, 5.41) is 0.395. The van der Waals surface area contributed by atoms with Crippen LogP contribution in [0.15, 0.2) is 85.2 Å². The third-order valence-corrected chi connectivity index (χ3v) is 8.39. The van der Waals surface area contributed by atoms with E-state index in [0.717, 1.165) is 0 Å². The summed E-state index contributed by atoms with van der Waals surface area (Å²) in [7, 11) is -3.68. The van der Waals surface area contributed by atoms with Gasteiger partial charge < -0.3 is 13.8 Å². The second kappa shape index (κ2) is 10.2. The summed E-state index contributed by atoms with van der Waals surface area (Å²) >= 11 is 0. The molecule has 0 bridgehead atoms. The summed E-state index contributed by atoms with van der Waals surface area (Å²) in [6, 6.07) is 19.0. The van der Waals surface area contributed by atoms with Gasteiger partial charge in [-0.3, -0.25) is 4.57 Å². The lowest BCUT2D eigenvalue weighted by Crippen LogP contribution is -2.62. The average molecular weight is 518 g/mol. The molecule has 11 heteroatoms. The fourth-order valence-electron chi connectivity index (χ4n) is 3.89. The average Bonchev–Trinajstić information content (AvgIpc) is 2.91. The number of rotatable bonds is 7. The molecule has 0 radical (unpaired) electrons. The molecule has 0 unspecified atom stereocenters. The van der Waals surface area contributed by atoms with Crippen LogP contribution in [0.25, 0.3) is 0 Å². The van der Waals surface area contributed by atoms with Gasteiger partial charge in [0.25, 0.3) is 0 Å². The first kappa shape index (κ1) is 25.6. The van der Waals surface area contributed by atoms with Crippen molar-refractivity contribution in [3.05, 3.63) is 114 Å². The van der Waals surface area contributed by atoms with Crippen LogP contribution in [-0.4, -0.2) is 21.1 Å². The van der Waals surface area contributed by atoms with Crippen molar-refractivity contribution in [1.82, 2.24) is 0 Å². The first-order valence-electron chi connectivity index (χ1n) is 10.9. The standard InChI is InChI=1S/C25H21BF5N2O2P/c1-32(2)17-13-15-33(16-14-17)26(20-21(27)23(29)25(31)24(30)22(20)28)35-36(34,18-9-5-3-6-10-18)19-11-7-4-8-12-19/h3-16,26H,1-2H3/t26-/m0/s1. The van der Waals surface area contributed by atoms with Crippen LogP contribution in [-0.2, 0) is 9.01 Å². The maximum Gasteiger partial charge on any atom is 0.432 e. The van der Waals surface area contributed by atoms with E-state index in [4.69, 9.17) is 4.44 Å². The zero-order chi connectivity index (χ0) is 26.0. The van der Waals surface area contributed by atoms with E-state index in [2.05, 4.69) is 0 Å². The summed E-state index contributed by atoms with van der Waals surface area (Å²) in [4.78, 5) is 1.76. The van der Waals surface area contributed by atoms with Gasteiger partial charge in [-0.1, -0.05) is 36.4 Å². The van der Waals surface area contributed by atoms with E-state index in [-0.39, 0.29) is 10.6 Å². The first-order valence-corrected chi connectivity index (χ1v) is 12.5. The van der Waals surface area contributed by atoms with Gasteiger partial charge in [0, 0.05) is 42.5 Å². The Labute approximate surface area is 205 Å². The van der Waals surface area contributed by atoms with Crippen molar-refractivity contribution in [2.75, 3.05) is 19.0 Å². The summed E-state index contributed by atoms with van der Waals surface area (Å²) < 4.78 is 94.1. The van der Waals surface area contributed by atoms with Crippen molar-refractivity contribution in [1.29, 1.82) is 0 Å². The van der Waals surface area contributed by atoms with Crippen molar-refractivity contribution >= 4 is 36.2 Å². The molecule has 0 saturated carbocycles. The molecule has 0 saturated heterocycles. The molecule has 0 aliphatic carbocycles. The molecule has 1 heterocycles. The number of halogens is 5. The minimum Gasteiger partial charge on any atom is -0.475 e. The van der Waals surface area contributed by atoms with Gasteiger partial charge in [0.1, 0.15) is 24.0 Å². The maximum atomic E-state index is 15.0. The molecule has 186 valence electrons. The molecule has 1 atom stereocenters. The Hall–Kier alpha value is -3.49. The van der Waals surface area contributed by atoms with Crippen molar-refractivity contribution in [3.63, 3.8) is 0 Å². The Balaban J connectivity index is 1.98. The van der Waals surface area contributed by atoms with Gasteiger partial charge in [0.15, 0.2) is 17.5 Å². The van der Waals surface area contributed by atoms with Crippen LogP contribution in [0, 0.1) is 29.1 Å². The summed E-state index contributed by atoms with van der Waals surface area (Å²) in [6.07, 6.45) is 2.77. The molecule has 1 aromatic heterocycles. The van der Waals surface area contributed by atoms with Gasteiger partial charge >= 0.3 is 7.05 Å². The van der Waals surface area contributed by atoms with E-state index in [0.29, 0.717) is 5.69 Å². The van der Waals surface area contributed by atoms with Crippen LogP contribution >= 0.6 is 7.37 Å². The highest BCUT2D eigenvalue weighted by molar-refractivity contribution is 7.75. The third kappa shape index (κ3) is 4.66. The van der Waals surface area contributed by atoms with E-state index in [9.17, 15) is 17.7 Å². The van der Waals surface area contributed by atoms with E-state index < -0.39 is 49.0 Å². The zero-order valence-electron chi connectivity index (χ0n) is 19.3. The van der Waals surface area contributed by atoms with Gasteiger partial charge in [-0.25, -0.2) is 22.0 Å². The van der Waals surface area contributed by atoms with Crippen LogP contribution < -0.4 is 25.4 Å². The van der Waals surface area contributed by atoms with Crippen LogP contribution in [0.3, 0.4) is 0 Å². The highest BCUT2D eigenvalue weighted by atomic mass is 31.2. The molecule has 0 N–H and O–H groups in total. The minimum atomic E-state index is -4.09. The van der Waals surface area contributed by atoms with Crippen LogP contribution in [0.1, 0.15) is 0 Å². The molecule has 4 nitrogen and oxygen atoms in total. The molecule has 0 fully saturated rings. The molecule has 0 amide bonds. The van der Waals surface area contributed by atoms with Gasteiger partial charge in [-0.15, -0.1) is 0 Å². The lowest BCUT2D eigenvalue weighted by molar-refractivity contribution is -0.545. The number of anilines is 1. The number of aromatic nitrogens is 1. The lowest BCUT2D eigenvalue weighted by atomic mass is 9.72. The number of nitrogens with zero attached hydrogens (tertiary/aromatic N) is 2. The largest absolute Gasteiger partial charge is 0.475 e. The Bertz CT molecular complexity index is 1350. The van der Waals surface area contributed by atoms with Crippen LogP contribution in [0.5, 0.6) is 0 Å². The van der Waals surface area contributed by atoms with E-state index >= 15 is 8.78 Å². The van der Waals surface area contributed by atoms with Crippen molar-refractivity contribution in [2.24, 2.45) is 0 Å². The molecule has 4 aromatic rings. The molecule has 0 aliphatic heterocycles. The Kier molecular flexibility index (Phi) is 7.29. The van der Waals surface area contributed by atoms with Gasteiger partial charge in [-0.2, -0.15) is 0 Å². The molecule has 36 heavy (non-hydrogen) atoms. The molecule has 0 spiro atoms. The zero-order valence-corrected chi connectivity index (χ0v) is 20.2. The van der Waals surface area contributed by atoms with Gasteiger partial charge in [0.2, 0.25) is 7.37 Å². The summed E-state index contributed by atoms with van der Waals surface area (Å²) in [6.45, 7) is 0. The smallest absolute Gasteiger partial charge is 0.432 e. The fourth-order valence-corrected chi connectivity index (χ4v) is 6.22. The predicted molar refractivity (Wildman–Crippen MR) is 130 cm³/mol. The van der Waals surface area contributed by atoms with Crippen LogP contribution in [0.4, 0.5) is 27.6 Å². The SMILES string of the molecule is CN(C)c1cc[n+]([B@@H-](OP(=O)(c2ccccc2)c2ccccc2)c2c(F)c(F)c(F)c(F)c2F)cc1. The Morgan fingerprint density at radius 1 is 0.694 bits per heavy atom. The quantitative estimate of drug-likeness (QED) is 0.123. The number of benzene rings is 3. The number of pyridine rings is 1. The lowest BCUT2D eigenvalue weighted by Gasteiger charge is -2.30. The fraction of sp³-hybridized carbons (Fsp3) is 0.0800. The molecular formula is C25H21BF5N2O2P. The second-order valence-corrected chi connectivity index (χ2v) is 10.7. The monoisotopic (exact) mass is 518 g/mol. The molecule has 0 aliphatic rings. The summed E-state index contributed by atoms with van der Waals surface area (Å²) in [5.41, 5.74) is -0.475. The normalized spacial score (nSPS) is 12.4. The predicted octanol–water partition coefficient (Wildman–Crippen LogP) is 3.66. The van der Waals surface area contributed by atoms with Gasteiger partial charge in [0.05, 0.1) is 0 Å². The minimum absolute atomic E-state index is 0.197. The number of hydrogen-bond donors (Lipinski definition) is 0. The van der Waals surface area contributed by atoms with Crippen molar-refractivity contribution in [2.45, 2.75) is 0 Å². The van der Waals surface area contributed by atoms with E-state index in [1.54, 1.807) is 67.5 Å². The molecular weight excluding hydrogens is 497 g/mol. The molecule has 3 aromatic carbocycles.